The Morgan fingerprint density at radius 2 is 1.00 bits per heavy atom. The second-order valence-electron chi connectivity index (χ2n) is 15.0. The molecule has 0 unspecified atom stereocenters. The second kappa shape index (κ2) is 26.9. The molecule has 0 radical (unpaired) electrons. The van der Waals surface area contributed by atoms with E-state index < -0.39 is 65.7 Å². The van der Waals surface area contributed by atoms with Crippen molar-refractivity contribution in [2.45, 2.75) is 168 Å². The predicted molar refractivity (Wildman–Crippen MR) is 215 cm³/mol. The van der Waals surface area contributed by atoms with Crippen LogP contribution in [0.15, 0.2) is 25.0 Å². The Morgan fingerprint density at radius 1 is 0.554 bits per heavy atom. The van der Waals surface area contributed by atoms with E-state index in [0.717, 1.165) is 25.7 Å². The fourth-order valence-electron chi connectivity index (χ4n) is 6.26. The number of nitrogens with one attached hydrogen (secondary N) is 8. The number of likely N-dealkylation sites (N-methyl/N-ethyl adjacent to an activating group) is 1. The number of H-pyrrole nitrogens is 2. The number of nitrogens with zero attached hydrogens (tertiary/aromatic N) is 2. The number of rotatable bonds is 29. The highest BCUT2D eigenvalue weighted by Crippen LogP contribution is 2.13. The van der Waals surface area contributed by atoms with Crippen molar-refractivity contribution in [3.8, 4) is 0 Å². The fourth-order valence-corrected chi connectivity index (χ4v) is 6.26. The van der Waals surface area contributed by atoms with Crippen molar-refractivity contribution in [1.82, 2.24) is 51.8 Å². The van der Waals surface area contributed by atoms with Crippen LogP contribution < -0.4 is 31.9 Å². The van der Waals surface area contributed by atoms with Gasteiger partial charge >= 0.3 is 0 Å². The maximum atomic E-state index is 13.6. The second-order valence-corrected chi connectivity index (χ2v) is 15.0. The van der Waals surface area contributed by atoms with Crippen LogP contribution in [-0.4, -0.2) is 92.6 Å². The average molecular weight is 785 g/mol. The Morgan fingerprint density at radius 3 is 1.43 bits per heavy atom. The first-order valence-electron chi connectivity index (χ1n) is 20.5. The highest BCUT2D eigenvalue weighted by molar-refractivity contribution is 5.96. The molecular weight excluding hydrogens is 717 g/mol. The van der Waals surface area contributed by atoms with Crippen LogP contribution in [0.3, 0.4) is 0 Å². The minimum Gasteiger partial charge on any atom is -0.357 e. The molecule has 5 atom stereocenters. The first kappa shape index (κ1) is 47.4. The first-order chi connectivity index (χ1) is 26.9. The molecule has 0 spiro atoms. The SMILES string of the molecule is CCCCCCCCCCCCCCCC(=O)N[C@H](Cc1c[nH]cn1)C(=O)N[C@@H](C)C(=O)N[C@H](C(=O)N[C@@H](Cc1c[nH]cn1)C(=O)N[C@@H](C)C(=O)NC)C(C)C. The molecule has 314 valence electrons. The Bertz CT molecular complexity index is 1450. The van der Waals surface area contributed by atoms with Gasteiger partial charge in [-0.2, -0.15) is 0 Å². The van der Waals surface area contributed by atoms with E-state index >= 15 is 0 Å². The zero-order valence-electron chi connectivity index (χ0n) is 34.4. The smallest absolute Gasteiger partial charge is 0.243 e. The van der Waals surface area contributed by atoms with Crippen molar-refractivity contribution < 1.29 is 28.8 Å². The van der Waals surface area contributed by atoms with E-state index in [1.54, 1.807) is 26.2 Å². The summed E-state index contributed by atoms with van der Waals surface area (Å²) in [6.07, 6.45) is 22.2. The summed E-state index contributed by atoms with van der Waals surface area (Å²) in [5.41, 5.74) is 1.07. The monoisotopic (exact) mass is 785 g/mol. The third-order valence-corrected chi connectivity index (χ3v) is 9.73. The summed E-state index contributed by atoms with van der Waals surface area (Å²) < 4.78 is 0. The lowest BCUT2D eigenvalue weighted by atomic mass is 10.0. The number of hydrogen-bond donors (Lipinski definition) is 8. The maximum Gasteiger partial charge on any atom is 0.243 e. The zero-order chi connectivity index (χ0) is 41.3. The van der Waals surface area contributed by atoms with Crippen LogP contribution in [0, 0.1) is 5.92 Å². The van der Waals surface area contributed by atoms with Crippen LogP contribution in [0.5, 0.6) is 0 Å². The van der Waals surface area contributed by atoms with Gasteiger partial charge in [-0.05, 0) is 26.2 Å². The Labute approximate surface area is 332 Å². The predicted octanol–water partition coefficient (Wildman–Crippen LogP) is 3.27. The number of amides is 6. The summed E-state index contributed by atoms with van der Waals surface area (Å²) in [7, 11) is 1.45. The van der Waals surface area contributed by atoms with Gasteiger partial charge in [-0.1, -0.05) is 97.8 Å². The molecule has 8 N–H and O–H groups in total. The van der Waals surface area contributed by atoms with E-state index in [0.29, 0.717) is 11.4 Å². The summed E-state index contributed by atoms with van der Waals surface area (Å²) in [5.74, 6) is -3.51. The third kappa shape index (κ3) is 18.7. The lowest BCUT2D eigenvalue weighted by Crippen LogP contribution is -2.60. The highest BCUT2D eigenvalue weighted by atomic mass is 16.2. The number of hydrogen-bond acceptors (Lipinski definition) is 8. The van der Waals surface area contributed by atoms with Crippen LogP contribution >= 0.6 is 0 Å². The van der Waals surface area contributed by atoms with E-state index in [2.05, 4.69) is 58.8 Å². The molecule has 16 heteroatoms. The van der Waals surface area contributed by atoms with E-state index in [-0.39, 0.29) is 25.2 Å². The average Bonchev–Trinajstić information content (AvgIpc) is 3.89. The number of imidazole rings is 2. The summed E-state index contributed by atoms with van der Waals surface area (Å²) in [4.78, 5) is 92.6. The van der Waals surface area contributed by atoms with Gasteiger partial charge < -0.3 is 41.9 Å². The van der Waals surface area contributed by atoms with Crippen LogP contribution in [-0.2, 0) is 41.6 Å². The molecule has 0 aromatic carbocycles. The van der Waals surface area contributed by atoms with Crippen LogP contribution in [0.1, 0.15) is 136 Å². The van der Waals surface area contributed by atoms with E-state index in [1.165, 1.54) is 91.3 Å². The van der Waals surface area contributed by atoms with Gasteiger partial charge in [0.15, 0.2) is 0 Å². The third-order valence-electron chi connectivity index (χ3n) is 9.73. The molecule has 0 fully saturated rings. The maximum absolute atomic E-state index is 13.6. The van der Waals surface area contributed by atoms with Crippen LogP contribution in [0.4, 0.5) is 0 Å². The van der Waals surface area contributed by atoms with Gasteiger partial charge in [0, 0.05) is 38.7 Å². The normalized spacial score (nSPS) is 13.8. The van der Waals surface area contributed by atoms with Crippen molar-refractivity contribution in [3.63, 3.8) is 0 Å². The number of carbonyl (C=O) groups excluding carboxylic acids is 6. The summed E-state index contributed by atoms with van der Waals surface area (Å²) in [6.45, 7) is 8.70. The number of carbonyl (C=O) groups is 6. The molecule has 2 rings (SSSR count). The van der Waals surface area contributed by atoms with Gasteiger partial charge in [-0.3, -0.25) is 28.8 Å². The van der Waals surface area contributed by atoms with Crippen molar-refractivity contribution in [2.24, 2.45) is 5.92 Å². The van der Waals surface area contributed by atoms with Crippen LogP contribution in [0.2, 0.25) is 0 Å². The fraction of sp³-hybridized carbons (Fsp3) is 0.700. The molecule has 0 aliphatic heterocycles. The zero-order valence-corrected chi connectivity index (χ0v) is 34.4. The van der Waals surface area contributed by atoms with Gasteiger partial charge in [0.05, 0.1) is 24.0 Å². The van der Waals surface area contributed by atoms with Crippen molar-refractivity contribution in [3.05, 3.63) is 36.4 Å². The van der Waals surface area contributed by atoms with Gasteiger partial charge in [-0.25, -0.2) is 9.97 Å². The molecular formula is C40H68N10O6. The molecule has 56 heavy (non-hydrogen) atoms. The molecule has 6 amide bonds. The molecule has 2 aromatic heterocycles. The van der Waals surface area contributed by atoms with E-state index in [4.69, 9.17) is 0 Å². The minimum atomic E-state index is -1.11. The quantitative estimate of drug-likeness (QED) is 0.0570. The number of aromatic nitrogens is 4. The van der Waals surface area contributed by atoms with Crippen molar-refractivity contribution in [2.75, 3.05) is 7.05 Å². The summed E-state index contributed by atoms with van der Waals surface area (Å²) >= 11 is 0. The summed E-state index contributed by atoms with van der Waals surface area (Å²) in [5, 5.41) is 16.0. The van der Waals surface area contributed by atoms with Gasteiger partial charge in [0.2, 0.25) is 35.4 Å². The molecule has 0 saturated carbocycles. The highest BCUT2D eigenvalue weighted by Gasteiger charge is 2.32. The Kier molecular flexibility index (Phi) is 22.8. The molecule has 2 heterocycles. The summed E-state index contributed by atoms with van der Waals surface area (Å²) in [6, 6.07) is -5.11. The minimum absolute atomic E-state index is 0.0230. The molecule has 16 nitrogen and oxygen atoms in total. The molecule has 2 aromatic rings. The Hall–Kier alpha value is -4.76. The molecule has 0 aliphatic rings. The van der Waals surface area contributed by atoms with Gasteiger partial charge in [0.25, 0.3) is 0 Å². The number of aromatic amines is 2. The standard InChI is InChI=1S/C40H68N10O6/c1-7-8-9-10-11-12-13-14-15-16-17-18-19-20-34(51)48-32(21-30-23-42-25-44-30)38(54)47-29(5)37(53)50-35(27(2)3)40(56)49-33(22-31-24-43-26-45-31)39(55)46-28(4)36(52)41-6/h23-29,32-33,35H,7-22H2,1-6H3,(H,41,52)(H,42,44)(H,43,45)(H,46,55)(H,47,54)(H,48,51)(H,49,56)(H,50,53)/t28-,29-,32+,33-,35-/m0/s1. The molecule has 0 aliphatic carbocycles. The molecule has 0 bridgehead atoms. The molecule has 0 saturated heterocycles. The lowest BCUT2D eigenvalue weighted by molar-refractivity contribution is -0.135. The lowest BCUT2D eigenvalue weighted by Gasteiger charge is -2.27. The first-order valence-corrected chi connectivity index (χ1v) is 20.5. The van der Waals surface area contributed by atoms with E-state index in [1.807, 2.05) is 0 Å². The van der Waals surface area contributed by atoms with E-state index in [9.17, 15) is 28.8 Å². The van der Waals surface area contributed by atoms with Gasteiger partial charge in [-0.15, -0.1) is 0 Å². The van der Waals surface area contributed by atoms with Gasteiger partial charge in [0.1, 0.15) is 30.2 Å². The largest absolute Gasteiger partial charge is 0.357 e. The number of unbranched alkanes of at least 4 members (excludes halogenated alkanes) is 12. The Balaban J connectivity index is 1.92. The van der Waals surface area contributed by atoms with Crippen LogP contribution in [0.25, 0.3) is 0 Å². The topological polar surface area (TPSA) is 232 Å². The van der Waals surface area contributed by atoms with Crippen molar-refractivity contribution in [1.29, 1.82) is 0 Å². The van der Waals surface area contributed by atoms with Crippen molar-refractivity contribution >= 4 is 35.4 Å².